The molecule has 0 unspecified atom stereocenters. The third-order valence-electron chi connectivity index (χ3n) is 4.87. The van der Waals surface area contributed by atoms with Crippen LogP contribution in [-0.4, -0.2) is 24.4 Å². The summed E-state index contributed by atoms with van der Waals surface area (Å²) in [7, 11) is 3.04. The summed E-state index contributed by atoms with van der Waals surface area (Å²) in [6.45, 7) is 0. The van der Waals surface area contributed by atoms with Crippen molar-refractivity contribution in [1.29, 1.82) is 0 Å². The Kier molecular flexibility index (Phi) is 12.9. The molecule has 0 bridgehead atoms. The van der Waals surface area contributed by atoms with Crippen molar-refractivity contribution in [2.75, 3.05) is 14.2 Å². The van der Waals surface area contributed by atoms with Crippen molar-refractivity contribution < 1.29 is 70.6 Å². The second-order valence-corrected chi connectivity index (χ2v) is 7.72. The Morgan fingerprint density at radius 3 is 1.31 bits per heavy atom. The third kappa shape index (κ3) is 7.01. The van der Waals surface area contributed by atoms with Gasteiger partial charge in [-0.1, -0.05) is 47.5 Å². The van der Waals surface area contributed by atoms with Crippen molar-refractivity contribution in [3.63, 3.8) is 0 Å². The number of ether oxygens (including phenoxy) is 2. The average molecular weight is 873 g/mol. The first-order valence-corrected chi connectivity index (χ1v) is 10.7. The monoisotopic (exact) mass is 872 g/mol. The maximum absolute atomic E-state index is 14.0. The number of benzene rings is 4. The summed E-state index contributed by atoms with van der Waals surface area (Å²) >= 11 is 11.9. The minimum absolute atomic E-state index is 0. The van der Waals surface area contributed by atoms with E-state index in [-0.39, 0.29) is 75.3 Å². The van der Waals surface area contributed by atoms with Crippen LogP contribution in [-0.2, 0) is 42.1 Å². The summed E-state index contributed by atoms with van der Waals surface area (Å²) in [5.74, 6) is -0.406. The van der Waals surface area contributed by atoms with Crippen LogP contribution >= 0.6 is 23.2 Å². The molecule has 0 spiro atoms. The maximum Gasteiger partial charge on any atom is 0.132 e. The van der Waals surface area contributed by atoms with Crippen LogP contribution in [0.4, 0.5) is 8.78 Å². The van der Waals surface area contributed by atoms with E-state index in [9.17, 15) is 19.0 Å². The van der Waals surface area contributed by atoms with Crippen molar-refractivity contribution in [1.82, 2.24) is 0 Å². The van der Waals surface area contributed by atoms with Crippen LogP contribution in [0.5, 0.6) is 23.0 Å². The van der Waals surface area contributed by atoms with Gasteiger partial charge in [0.1, 0.15) is 34.6 Å². The van der Waals surface area contributed by atoms with Gasteiger partial charge in [0.15, 0.2) is 0 Å². The topological polar surface area (TPSA) is 58.9 Å². The molecule has 0 fully saturated rings. The second-order valence-electron chi connectivity index (χ2n) is 6.90. The normalized spacial score (nSPS) is 9.72. The van der Waals surface area contributed by atoms with E-state index in [2.05, 4.69) is 0 Å². The second kappa shape index (κ2) is 14.6. The van der Waals surface area contributed by atoms with Crippen molar-refractivity contribution >= 4 is 23.2 Å². The Bertz CT molecular complexity index is 1190. The Balaban J connectivity index is 0.000000343. The fourth-order valence-electron chi connectivity index (χ4n) is 3.36. The van der Waals surface area contributed by atoms with Gasteiger partial charge < -0.3 is 19.7 Å². The zero-order chi connectivity index (χ0) is 24.8. The number of hydrogen-bond donors (Lipinski definition) is 2. The number of halogens is 4. The molecule has 4 rings (SSSR count). The fourth-order valence-corrected chi connectivity index (χ4v) is 3.87. The zero-order valence-electron chi connectivity index (χ0n) is 19.0. The van der Waals surface area contributed by atoms with Crippen molar-refractivity contribution in [3.8, 4) is 45.3 Å². The van der Waals surface area contributed by atoms with Gasteiger partial charge in [-0.2, -0.15) is 0 Å². The molecule has 2 N–H and O–H groups in total. The molecule has 10 heteroatoms. The van der Waals surface area contributed by atoms with E-state index in [4.69, 9.17) is 32.7 Å². The van der Waals surface area contributed by atoms with Crippen LogP contribution in [0.1, 0.15) is 0 Å². The van der Waals surface area contributed by atoms with Gasteiger partial charge in [-0.3, -0.25) is 0 Å². The summed E-state index contributed by atoms with van der Waals surface area (Å²) in [6.07, 6.45) is 0. The van der Waals surface area contributed by atoms with Crippen molar-refractivity contribution in [3.05, 3.63) is 94.5 Å². The quantitative estimate of drug-likeness (QED) is 0.221. The summed E-state index contributed by atoms with van der Waals surface area (Å²) in [4.78, 5) is 0. The molecule has 0 radical (unpaired) electrons. The molecule has 0 saturated heterocycles. The molecule has 4 aromatic carbocycles. The molecule has 0 aliphatic heterocycles. The van der Waals surface area contributed by atoms with Gasteiger partial charge in [-0.05, 0) is 48.5 Å². The summed E-state index contributed by atoms with van der Waals surface area (Å²) in [5, 5.41) is 19.7. The summed E-state index contributed by atoms with van der Waals surface area (Å²) in [6, 6.07) is 18.1. The fraction of sp³-hybridized carbons (Fsp3) is 0.0769. The van der Waals surface area contributed by atoms with E-state index < -0.39 is 11.6 Å². The predicted molar refractivity (Wildman–Crippen MR) is 130 cm³/mol. The molecule has 0 atom stereocenters. The molecule has 0 aliphatic carbocycles. The zero-order valence-corrected chi connectivity index (χ0v) is 26.3. The van der Waals surface area contributed by atoms with Gasteiger partial charge in [0.2, 0.25) is 0 Å². The first-order chi connectivity index (χ1) is 16.3. The van der Waals surface area contributed by atoms with Gasteiger partial charge in [-0.25, -0.2) is 8.78 Å². The van der Waals surface area contributed by atoms with Crippen molar-refractivity contribution in [2.24, 2.45) is 0 Å². The van der Waals surface area contributed by atoms with Gasteiger partial charge in [-0.15, -0.1) is 0 Å². The number of methoxy groups -OCH3 is 2. The Morgan fingerprint density at radius 1 is 0.556 bits per heavy atom. The molecule has 4 aromatic rings. The van der Waals surface area contributed by atoms with Crippen LogP contribution in [0, 0.1) is 11.6 Å². The molecule has 36 heavy (non-hydrogen) atoms. The summed E-state index contributed by atoms with van der Waals surface area (Å²) < 4.78 is 38.1. The minimum Gasteiger partial charge on any atom is -0.507 e. The molecule has 0 aromatic heterocycles. The largest absolute Gasteiger partial charge is 0.507 e. The van der Waals surface area contributed by atoms with E-state index in [0.717, 1.165) is 0 Å². The first kappa shape index (κ1) is 31.9. The van der Waals surface area contributed by atoms with Crippen LogP contribution in [0.3, 0.4) is 0 Å². The van der Waals surface area contributed by atoms with E-state index >= 15 is 0 Å². The molecule has 188 valence electrons. The standard InChI is InChI=1S/C14H12ClFO2.C12H8ClFO2.2W/c1-17-11-7-4-8-12(18-2)14(11)13-9(15)5-3-6-10(13)16;13-7-3-1-4-8(14)11(7)12-9(15)5-2-6-10(12)16;;/h3-8H,1-2H3;1-6,15-16H;;. The number of phenols is 2. The maximum atomic E-state index is 14.0. The predicted octanol–water partition coefficient (Wildman–Crippen LogP) is 7.72. The van der Waals surface area contributed by atoms with Gasteiger partial charge in [0.05, 0.1) is 35.4 Å². The molecule has 0 amide bonds. The van der Waals surface area contributed by atoms with Gasteiger partial charge in [0, 0.05) is 53.3 Å². The number of phenolic OH excluding ortho intramolecular Hbond substituents is 2. The third-order valence-corrected chi connectivity index (χ3v) is 5.50. The Morgan fingerprint density at radius 2 is 0.917 bits per heavy atom. The smallest absolute Gasteiger partial charge is 0.132 e. The minimum atomic E-state index is -0.593. The van der Waals surface area contributed by atoms with Crippen LogP contribution in [0.15, 0.2) is 72.8 Å². The van der Waals surface area contributed by atoms with Gasteiger partial charge >= 0.3 is 0 Å². The van der Waals surface area contributed by atoms with Crippen LogP contribution in [0.25, 0.3) is 22.3 Å². The molecular weight excluding hydrogens is 853 g/mol. The molecule has 4 nitrogen and oxygen atoms in total. The van der Waals surface area contributed by atoms with Crippen LogP contribution < -0.4 is 9.47 Å². The number of rotatable bonds is 4. The Labute approximate surface area is 246 Å². The molecular formula is C26H20Cl2F2O4W2. The van der Waals surface area contributed by atoms with E-state index in [1.807, 2.05) is 0 Å². The average Bonchev–Trinajstić information content (AvgIpc) is 2.81. The SMILES string of the molecule is COc1cccc(OC)c1-c1c(F)cccc1Cl.Oc1cccc(O)c1-c1c(F)cccc1Cl.[W].[W]. The Hall–Kier alpha value is -2.10. The first-order valence-electron chi connectivity index (χ1n) is 9.90. The molecule has 0 heterocycles. The van der Waals surface area contributed by atoms with E-state index in [1.165, 1.54) is 56.7 Å². The summed E-state index contributed by atoms with van der Waals surface area (Å²) in [5.41, 5.74) is 0.810. The van der Waals surface area contributed by atoms with Crippen molar-refractivity contribution in [2.45, 2.75) is 0 Å². The molecule has 0 aliphatic rings. The van der Waals surface area contributed by atoms with E-state index in [0.29, 0.717) is 22.1 Å². The van der Waals surface area contributed by atoms with E-state index in [1.54, 1.807) is 30.3 Å². The number of aromatic hydroxyl groups is 2. The molecule has 0 saturated carbocycles. The van der Waals surface area contributed by atoms with Crippen LogP contribution in [0.2, 0.25) is 10.0 Å². The van der Waals surface area contributed by atoms with Gasteiger partial charge in [0.25, 0.3) is 0 Å². The number of hydrogen-bond acceptors (Lipinski definition) is 4.